The van der Waals surface area contributed by atoms with Crippen LogP contribution in [0.4, 0.5) is 21.0 Å². The van der Waals surface area contributed by atoms with Gasteiger partial charge in [0.25, 0.3) is 0 Å². The van der Waals surface area contributed by atoms with Crippen LogP contribution in [0.3, 0.4) is 0 Å². The van der Waals surface area contributed by atoms with Crippen molar-refractivity contribution in [1.82, 2.24) is 10.2 Å². The molecule has 1 fully saturated rings. The van der Waals surface area contributed by atoms with Gasteiger partial charge in [0.05, 0.1) is 0 Å². The van der Waals surface area contributed by atoms with E-state index in [-0.39, 0.29) is 12.1 Å². The molecule has 6 heteroatoms. The molecule has 3 rings (SSSR count). The average Bonchev–Trinajstić information content (AvgIpc) is 3.08. The highest BCUT2D eigenvalue weighted by Gasteiger charge is 2.21. The van der Waals surface area contributed by atoms with Gasteiger partial charge < -0.3 is 15.5 Å². The Labute approximate surface area is 153 Å². The summed E-state index contributed by atoms with van der Waals surface area (Å²) in [7, 11) is 0. The van der Waals surface area contributed by atoms with Gasteiger partial charge in [0.2, 0.25) is 0 Å². The second-order valence-electron chi connectivity index (χ2n) is 6.27. The maximum Gasteiger partial charge on any atom is 0.322 e. The van der Waals surface area contributed by atoms with Crippen molar-refractivity contribution in [2.75, 3.05) is 29.9 Å². The molecule has 0 aromatic heterocycles. The molecule has 0 saturated carbocycles. The summed E-state index contributed by atoms with van der Waals surface area (Å²) in [5, 5.41) is 5.74. The van der Waals surface area contributed by atoms with Gasteiger partial charge in [-0.05, 0) is 30.2 Å². The van der Waals surface area contributed by atoms with E-state index in [1.54, 1.807) is 9.80 Å². The summed E-state index contributed by atoms with van der Waals surface area (Å²) >= 11 is 0. The van der Waals surface area contributed by atoms with Crippen LogP contribution < -0.4 is 15.5 Å². The fraction of sp³-hybridized carbons (Fsp3) is 0.300. The van der Waals surface area contributed by atoms with Crippen LogP contribution in [0.25, 0.3) is 0 Å². The molecule has 6 nitrogen and oxygen atoms in total. The normalized spacial score (nSPS) is 13.4. The van der Waals surface area contributed by atoms with Crippen LogP contribution in [-0.4, -0.2) is 36.6 Å². The second-order valence-corrected chi connectivity index (χ2v) is 6.27. The Hall–Kier alpha value is -3.02. The Morgan fingerprint density at radius 1 is 1.19 bits per heavy atom. The summed E-state index contributed by atoms with van der Waals surface area (Å²) < 4.78 is 0. The molecule has 1 aliphatic heterocycles. The van der Waals surface area contributed by atoms with E-state index in [1.807, 2.05) is 54.6 Å². The van der Waals surface area contributed by atoms with Gasteiger partial charge in [-0.25, -0.2) is 9.59 Å². The molecule has 1 heterocycles. The summed E-state index contributed by atoms with van der Waals surface area (Å²) in [5.41, 5.74) is 2.56. The highest BCUT2D eigenvalue weighted by molar-refractivity contribution is 5.95. The van der Waals surface area contributed by atoms with E-state index in [1.165, 1.54) is 0 Å². The number of carbonyl (C=O) groups excluding carboxylic acids is 2. The van der Waals surface area contributed by atoms with Crippen molar-refractivity contribution in [3.63, 3.8) is 0 Å². The average molecular weight is 352 g/mol. The third-order valence-corrected chi connectivity index (χ3v) is 4.26. The number of rotatable bonds is 6. The van der Waals surface area contributed by atoms with Gasteiger partial charge in [0.1, 0.15) is 0 Å². The molecule has 4 amide bonds. The predicted molar refractivity (Wildman–Crippen MR) is 103 cm³/mol. The molecule has 2 aromatic carbocycles. The number of urea groups is 2. The van der Waals surface area contributed by atoms with Crippen LogP contribution in [0.15, 0.2) is 54.6 Å². The third-order valence-electron chi connectivity index (χ3n) is 4.26. The lowest BCUT2D eigenvalue weighted by Gasteiger charge is -2.23. The van der Waals surface area contributed by atoms with E-state index in [0.29, 0.717) is 31.9 Å². The number of anilines is 2. The van der Waals surface area contributed by atoms with E-state index in [0.717, 1.165) is 17.7 Å². The van der Waals surface area contributed by atoms with E-state index >= 15 is 0 Å². The second kappa shape index (κ2) is 8.38. The molecule has 0 spiro atoms. The van der Waals surface area contributed by atoms with E-state index in [4.69, 9.17) is 0 Å². The third kappa shape index (κ3) is 4.33. The predicted octanol–water partition coefficient (Wildman–Crippen LogP) is 3.66. The van der Waals surface area contributed by atoms with Gasteiger partial charge >= 0.3 is 12.1 Å². The number of carbonyl (C=O) groups is 2. The number of amides is 4. The lowest BCUT2D eigenvalue weighted by atomic mass is 10.2. The molecule has 136 valence electrons. The first kappa shape index (κ1) is 17.8. The molecule has 1 aliphatic rings. The molecule has 1 saturated heterocycles. The molecule has 0 aliphatic carbocycles. The summed E-state index contributed by atoms with van der Waals surface area (Å²) in [6.45, 7) is 4.56. The maximum absolute atomic E-state index is 12.7. The largest absolute Gasteiger partial charge is 0.336 e. The minimum absolute atomic E-state index is 0.106. The first-order valence-corrected chi connectivity index (χ1v) is 8.92. The molecule has 2 N–H and O–H groups in total. The smallest absolute Gasteiger partial charge is 0.322 e. The van der Waals surface area contributed by atoms with E-state index in [9.17, 15) is 9.59 Å². The van der Waals surface area contributed by atoms with Gasteiger partial charge in [-0.2, -0.15) is 0 Å². The quantitative estimate of drug-likeness (QED) is 0.833. The first-order valence-electron chi connectivity index (χ1n) is 8.92. The minimum atomic E-state index is -0.140. The Balaban J connectivity index is 1.69. The zero-order valence-corrected chi connectivity index (χ0v) is 14.9. The van der Waals surface area contributed by atoms with Crippen LogP contribution in [0.5, 0.6) is 0 Å². The number of nitrogens with zero attached hydrogens (tertiary/aromatic N) is 2. The van der Waals surface area contributed by atoms with Crippen molar-refractivity contribution < 1.29 is 9.59 Å². The molecule has 0 atom stereocenters. The highest BCUT2D eigenvalue weighted by atomic mass is 16.2. The lowest BCUT2D eigenvalue weighted by molar-refractivity contribution is 0.209. The van der Waals surface area contributed by atoms with Gasteiger partial charge in [-0.1, -0.05) is 43.3 Å². The number of benzene rings is 2. The van der Waals surface area contributed by atoms with Crippen molar-refractivity contribution >= 4 is 23.4 Å². The molecular formula is C20H24N4O2. The van der Waals surface area contributed by atoms with Crippen LogP contribution in [0.2, 0.25) is 0 Å². The number of hydrogen-bond acceptors (Lipinski definition) is 2. The Morgan fingerprint density at radius 3 is 2.69 bits per heavy atom. The van der Waals surface area contributed by atoms with Crippen LogP contribution in [0.1, 0.15) is 18.9 Å². The van der Waals surface area contributed by atoms with Crippen molar-refractivity contribution in [3.8, 4) is 0 Å². The Kier molecular flexibility index (Phi) is 5.73. The maximum atomic E-state index is 12.7. The van der Waals surface area contributed by atoms with Crippen molar-refractivity contribution in [2.24, 2.45) is 0 Å². The van der Waals surface area contributed by atoms with Gasteiger partial charge in [-0.15, -0.1) is 0 Å². The summed E-state index contributed by atoms with van der Waals surface area (Å²) in [6.07, 6.45) is 0.883. The van der Waals surface area contributed by atoms with Gasteiger partial charge in [-0.3, -0.25) is 4.90 Å². The van der Waals surface area contributed by atoms with E-state index < -0.39 is 0 Å². The van der Waals surface area contributed by atoms with E-state index in [2.05, 4.69) is 17.6 Å². The Bertz CT molecular complexity index is 763. The first-order chi connectivity index (χ1) is 12.7. The lowest BCUT2D eigenvalue weighted by Crippen LogP contribution is -2.35. The monoisotopic (exact) mass is 352 g/mol. The van der Waals surface area contributed by atoms with Crippen LogP contribution >= 0.6 is 0 Å². The summed E-state index contributed by atoms with van der Waals surface area (Å²) in [4.78, 5) is 28.0. The highest BCUT2D eigenvalue weighted by Crippen LogP contribution is 2.21. The van der Waals surface area contributed by atoms with Gasteiger partial charge in [0.15, 0.2) is 0 Å². The number of nitrogens with one attached hydrogen (secondary N) is 2. The molecule has 0 bridgehead atoms. The van der Waals surface area contributed by atoms with Crippen molar-refractivity contribution in [3.05, 3.63) is 60.2 Å². The topological polar surface area (TPSA) is 64.7 Å². The summed E-state index contributed by atoms with van der Waals surface area (Å²) in [6, 6.07) is 17.1. The fourth-order valence-electron chi connectivity index (χ4n) is 3.00. The molecular weight excluding hydrogens is 328 g/mol. The van der Waals surface area contributed by atoms with Crippen molar-refractivity contribution in [2.45, 2.75) is 19.9 Å². The molecule has 0 unspecified atom stereocenters. The van der Waals surface area contributed by atoms with Crippen LogP contribution in [0, 0.1) is 0 Å². The number of hydrogen-bond donors (Lipinski definition) is 2. The van der Waals surface area contributed by atoms with Gasteiger partial charge in [0, 0.05) is 37.6 Å². The fourth-order valence-corrected chi connectivity index (χ4v) is 3.00. The summed E-state index contributed by atoms with van der Waals surface area (Å²) in [5.74, 6) is 0. The Morgan fingerprint density at radius 2 is 2.00 bits per heavy atom. The molecule has 2 aromatic rings. The van der Waals surface area contributed by atoms with Crippen molar-refractivity contribution in [1.29, 1.82) is 0 Å². The SMILES string of the molecule is CCCN(Cc1ccccc1)C(=O)Nc1cccc(N2CCNC2=O)c1. The zero-order valence-electron chi connectivity index (χ0n) is 14.9. The zero-order chi connectivity index (χ0) is 18.4. The minimum Gasteiger partial charge on any atom is -0.336 e. The standard InChI is InChI=1S/C20H24N4O2/c1-2-12-23(15-16-7-4-3-5-8-16)20(26)22-17-9-6-10-18(14-17)24-13-11-21-19(24)25/h3-10,14H,2,11-13,15H2,1H3,(H,21,25)(H,22,26). The van der Waals surface area contributed by atoms with Crippen LogP contribution in [-0.2, 0) is 6.54 Å². The molecule has 26 heavy (non-hydrogen) atoms. The molecule has 0 radical (unpaired) electrons.